The zero-order valence-electron chi connectivity index (χ0n) is 17.0. The molecular formula is C24H20N2O5S. The summed E-state index contributed by atoms with van der Waals surface area (Å²) in [5.41, 5.74) is 1.66. The van der Waals surface area contributed by atoms with Crippen molar-refractivity contribution >= 4 is 15.7 Å². The van der Waals surface area contributed by atoms with Crippen molar-refractivity contribution in [2.24, 2.45) is 0 Å². The van der Waals surface area contributed by atoms with Crippen molar-refractivity contribution in [2.45, 2.75) is 16.5 Å². The number of ether oxygens (including phenoxy) is 2. The lowest BCUT2D eigenvalue weighted by Crippen LogP contribution is -2.16. The van der Waals surface area contributed by atoms with Gasteiger partial charge in [0.15, 0.2) is 11.5 Å². The molecule has 162 valence electrons. The number of sulfone groups is 1. The van der Waals surface area contributed by atoms with Crippen LogP contribution in [-0.2, 0) is 16.4 Å². The van der Waals surface area contributed by atoms with E-state index in [9.17, 15) is 8.42 Å². The Bertz CT molecular complexity index is 1340. The average Bonchev–Trinajstić information content (AvgIpc) is 3.29. The van der Waals surface area contributed by atoms with E-state index < -0.39 is 9.84 Å². The summed E-state index contributed by atoms with van der Waals surface area (Å²) in [5.74, 6) is 1.21. The zero-order chi connectivity index (χ0) is 22.0. The predicted molar refractivity (Wildman–Crippen MR) is 119 cm³/mol. The first-order valence-corrected chi connectivity index (χ1v) is 11.6. The van der Waals surface area contributed by atoms with Gasteiger partial charge in [0.05, 0.1) is 4.90 Å². The van der Waals surface area contributed by atoms with E-state index in [1.807, 2.05) is 60.7 Å². The Balaban J connectivity index is 1.55. The van der Waals surface area contributed by atoms with Crippen LogP contribution in [0.1, 0.15) is 5.56 Å². The van der Waals surface area contributed by atoms with Crippen LogP contribution in [0.5, 0.6) is 11.5 Å². The first kappa shape index (κ1) is 20.1. The van der Waals surface area contributed by atoms with Crippen LogP contribution in [0.2, 0.25) is 0 Å². The van der Waals surface area contributed by atoms with Crippen molar-refractivity contribution in [1.29, 1.82) is 0 Å². The van der Waals surface area contributed by atoms with E-state index in [1.165, 1.54) is 12.1 Å². The fourth-order valence-electron chi connectivity index (χ4n) is 3.38. The first-order chi connectivity index (χ1) is 15.6. The van der Waals surface area contributed by atoms with E-state index in [-0.39, 0.29) is 21.7 Å². The molecule has 8 heteroatoms. The largest absolute Gasteiger partial charge is 0.486 e. The lowest BCUT2D eigenvalue weighted by Gasteiger charge is -2.18. The molecule has 0 aliphatic carbocycles. The van der Waals surface area contributed by atoms with Crippen molar-refractivity contribution in [3.63, 3.8) is 0 Å². The number of hydrogen-bond donors (Lipinski definition) is 1. The topological polar surface area (TPSA) is 90.7 Å². The van der Waals surface area contributed by atoms with Crippen molar-refractivity contribution in [3.8, 4) is 23.0 Å². The molecule has 1 aliphatic heterocycles. The van der Waals surface area contributed by atoms with Crippen LogP contribution in [0, 0.1) is 0 Å². The molecule has 3 aromatic carbocycles. The Morgan fingerprint density at radius 1 is 0.844 bits per heavy atom. The van der Waals surface area contributed by atoms with Gasteiger partial charge in [-0.25, -0.2) is 8.42 Å². The molecule has 0 amide bonds. The van der Waals surface area contributed by atoms with Gasteiger partial charge in [-0.15, -0.1) is 0 Å². The summed E-state index contributed by atoms with van der Waals surface area (Å²) in [6.07, 6.45) is 0. The monoisotopic (exact) mass is 448 g/mol. The third-order valence-corrected chi connectivity index (χ3v) is 6.65. The second-order valence-electron chi connectivity index (χ2n) is 7.17. The van der Waals surface area contributed by atoms with Crippen molar-refractivity contribution < 1.29 is 22.3 Å². The Hall–Kier alpha value is -3.78. The summed E-state index contributed by atoms with van der Waals surface area (Å²) in [5, 5.41) is 2.92. The summed E-state index contributed by atoms with van der Waals surface area (Å²) < 4.78 is 44.0. The molecular weight excluding hydrogens is 428 g/mol. The number of benzene rings is 3. The lowest BCUT2D eigenvalue weighted by atomic mass is 10.2. The summed E-state index contributed by atoms with van der Waals surface area (Å²) in [6.45, 7) is 1.17. The van der Waals surface area contributed by atoms with Crippen LogP contribution >= 0.6 is 0 Å². The SMILES string of the molecule is O=S(=O)(c1ccc2c(c1)OCCO2)c1nc(-c2ccccc2)oc1NCc1ccccc1. The number of nitrogens with zero attached hydrogens (tertiary/aromatic N) is 1. The lowest BCUT2D eigenvalue weighted by molar-refractivity contribution is 0.171. The Morgan fingerprint density at radius 3 is 2.28 bits per heavy atom. The van der Waals surface area contributed by atoms with E-state index in [4.69, 9.17) is 13.9 Å². The number of aromatic nitrogens is 1. The maximum Gasteiger partial charge on any atom is 0.234 e. The predicted octanol–water partition coefficient (Wildman–Crippen LogP) is 4.56. The van der Waals surface area contributed by atoms with E-state index in [2.05, 4.69) is 10.3 Å². The van der Waals surface area contributed by atoms with Crippen LogP contribution in [-0.4, -0.2) is 26.6 Å². The summed E-state index contributed by atoms with van der Waals surface area (Å²) in [7, 11) is -4.00. The zero-order valence-corrected chi connectivity index (χ0v) is 17.8. The van der Waals surface area contributed by atoms with E-state index in [0.29, 0.717) is 36.8 Å². The molecule has 0 unspecified atom stereocenters. The fourth-order valence-corrected chi connectivity index (χ4v) is 4.68. The minimum Gasteiger partial charge on any atom is -0.486 e. The smallest absolute Gasteiger partial charge is 0.234 e. The molecule has 1 aromatic heterocycles. The molecule has 1 aliphatic rings. The van der Waals surface area contributed by atoms with Gasteiger partial charge < -0.3 is 19.2 Å². The standard InChI is InChI=1S/C24H20N2O5S/c27-32(28,19-11-12-20-21(15-19)30-14-13-29-20)24-23(25-16-17-7-3-1-4-8-17)31-22(26-24)18-9-5-2-6-10-18/h1-12,15,25H,13-14,16H2. The molecule has 0 bridgehead atoms. The van der Waals surface area contributed by atoms with Crippen molar-refractivity contribution in [3.05, 3.63) is 84.4 Å². The second kappa shape index (κ2) is 8.39. The van der Waals surface area contributed by atoms with E-state index >= 15 is 0 Å². The molecule has 0 radical (unpaired) electrons. The molecule has 0 fully saturated rings. The Morgan fingerprint density at radius 2 is 1.53 bits per heavy atom. The third kappa shape index (κ3) is 3.92. The van der Waals surface area contributed by atoms with Crippen molar-refractivity contribution in [2.75, 3.05) is 18.5 Å². The van der Waals surface area contributed by atoms with E-state index in [1.54, 1.807) is 6.07 Å². The van der Waals surface area contributed by atoms with E-state index in [0.717, 1.165) is 5.56 Å². The minimum absolute atomic E-state index is 0.0532. The normalized spacial score (nSPS) is 13.0. The number of hydrogen-bond acceptors (Lipinski definition) is 7. The van der Waals surface area contributed by atoms with Crippen LogP contribution < -0.4 is 14.8 Å². The third-order valence-electron chi connectivity index (χ3n) is 4.99. The number of oxazole rings is 1. The number of fused-ring (bicyclic) bond motifs is 1. The number of rotatable bonds is 6. The van der Waals surface area contributed by atoms with Gasteiger partial charge in [0.1, 0.15) is 13.2 Å². The van der Waals surface area contributed by atoms with Crippen LogP contribution in [0.3, 0.4) is 0 Å². The molecule has 0 saturated heterocycles. The molecule has 0 atom stereocenters. The van der Waals surface area contributed by atoms with Gasteiger partial charge in [0.2, 0.25) is 26.6 Å². The van der Waals surface area contributed by atoms with Crippen molar-refractivity contribution in [1.82, 2.24) is 4.98 Å². The van der Waals surface area contributed by atoms with Crippen LogP contribution in [0.15, 0.2) is 93.2 Å². The molecule has 32 heavy (non-hydrogen) atoms. The summed E-state index contributed by atoms with van der Waals surface area (Å²) in [4.78, 5) is 4.42. The fraction of sp³-hybridized carbons (Fsp3) is 0.125. The van der Waals surface area contributed by atoms with Gasteiger partial charge >= 0.3 is 0 Å². The number of anilines is 1. The summed E-state index contributed by atoms with van der Waals surface area (Å²) in [6, 6.07) is 23.3. The van der Waals surface area contributed by atoms with Gasteiger partial charge in [-0.05, 0) is 29.8 Å². The molecule has 5 rings (SSSR count). The van der Waals surface area contributed by atoms with Gasteiger partial charge in [-0.1, -0.05) is 48.5 Å². The van der Waals surface area contributed by atoms with Gasteiger partial charge in [0.25, 0.3) is 0 Å². The molecule has 0 spiro atoms. The number of nitrogens with one attached hydrogen (secondary N) is 1. The highest BCUT2D eigenvalue weighted by molar-refractivity contribution is 7.91. The minimum atomic E-state index is -4.00. The quantitative estimate of drug-likeness (QED) is 0.462. The maximum atomic E-state index is 13.5. The molecule has 7 nitrogen and oxygen atoms in total. The maximum absolute atomic E-state index is 13.5. The summed E-state index contributed by atoms with van der Waals surface area (Å²) >= 11 is 0. The molecule has 1 N–H and O–H groups in total. The first-order valence-electron chi connectivity index (χ1n) is 10.1. The highest BCUT2D eigenvalue weighted by atomic mass is 32.2. The highest BCUT2D eigenvalue weighted by Crippen LogP contribution is 2.37. The molecule has 2 heterocycles. The molecule has 4 aromatic rings. The molecule has 0 saturated carbocycles. The second-order valence-corrected chi connectivity index (χ2v) is 9.03. The van der Waals surface area contributed by atoms with Gasteiger partial charge in [-0.3, -0.25) is 0 Å². The Kier molecular flexibility index (Phi) is 5.28. The van der Waals surface area contributed by atoms with Gasteiger partial charge in [0, 0.05) is 18.2 Å². The average molecular weight is 449 g/mol. The van der Waals surface area contributed by atoms with Gasteiger partial charge in [-0.2, -0.15) is 4.98 Å². The van der Waals surface area contributed by atoms with Crippen LogP contribution in [0.4, 0.5) is 5.88 Å². The Labute approximate surface area is 185 Å². The van der Waals surface area contributed by atoms with Crippen LogP contribution in [0.25, 0.3) is 11.5 Å². The highest BCUT2D eigenvalue weighted by Gasteiger charge is 2.30.